The van der Waals surface area contributed by atoms with E-state index in [1.807, 2.05) is 18.5 Å². The van der Waals surface area contributed by atoms with Crippen molar-refractivity contribution in [3.63, 3.8) is 0 Å². The monoisotopic (exact) mass is 395 g/mol. The Hall–Kier alpha value is -1.69. The smallest absolute Gasteiger partial charge is 0.224 e. The van der Waals surface area contributed by atoms with Crippen molar-refractivity contribution in [3.05, 3.63) is 45.4 Å². The minimum absolute atomic E-state index is 0.201. The quantitative estimate of drug-likeness (QED) is 0.774. The fourth-order valence-electron chi connectivity index (χ4n) is 2.66. The minimum Gasteiger partial charge on any atom is -0.324 e. The van der Waals surface area contributed by atoms with E-state index < -0.39 is 5.82 Å². The van der Waals surface area contributed by atoms with Gasteiger partial charge in [0, 0.05) is 23.1 Å². The van der Waals surface area contributed by atoms with E-state index in [1.54, 1.807) is 12.1 Å². The molecule has 0 aliphatic rings. The highest BCUT2D eigenvalue weighted by molar-refractivity contribution is 9.10. The molecule has 0 saturated carbocycles. The van der Waals surface area contributed by atoms with Crippen molar-refractivity contribution in [3.8, 4) is 0 Å². The molecule has 1 N–H and O–H groups in total. The SMILES string of the molecule is Cc1nn(CC(C)C)c(C)c1CCC(=O)Nc1ccc(Br)cc1F. The first-order chi connectivity index (χ1) is 11.3. The van der Waals surface area contributed by atoms with Crippen molar-refractivity contribution >= 4 is 27.5 Å². The molecule has 1 aromatic carbocycles. The van der Waals surface area contributed by atoms with Crippen LogP contribution in [0.4, 0.5) is 10.1 Å². The molecular weight excluding hydrogens is 373 g/mol. The fraction of sp³-hybridized carbons (Fsp3) is 0.444. The molecule has 0 aliphatic carbocycles. The molecular formula is C18H23BrFN3O. The summed E-state index contributed by atoms with van der Waals surface area (Å²) < 4.78 is 16.4. The largest absolute Gasteiger partial charge is 0.324 e. The Morgan fingerprint density at radius 1 is 1.38 bits per heavy atom. The zero-order valence-corrected chi connectivity index (χ0v) is 16.1. The van der Waals surface area contributed by atoms with Crippen LogP contribution in [0.15, 0.2) is 22.7 Å². The van der Waals surface area contributed by atoms with Crippen molar-refractivity contribution in [2.45, 2.75) is 47.1 Å². The topological polar surface area (TPSA) is 46.9 Å². The van der Waals surface area contributed by atoms with Crippen LogP contribution in [0, 0.1) is 25.6 Å². The lowest BCUT2D eigenvalue weighted by Gasteiger charge is -2.09. The lowest BCUT2D eigenvalue weighted by molar-refractivity contribution is -0.116. The lowest BCUT2D eigenvalue weighted by Crippen LogP contribution is -2.14. The van der Waals surface area contributed by atoms with E-state index in [4.69, 9.17) is 0 Å². The molecule has 1 amide bonds. The van der Waals surface area contributed by atoms with Gasteiger partial charge in [-0.05, 0) is 49.9 Å². The number of halogens is 2. The van der Waals surface area contributed by atoms with Crippen molar-refractivity contribution in [2.75, 3.05) is 5.32 Å². The molecule has 0 bridgehead atoms. The van der Waals surface area contributed by atoms with Gasteiger partial charge in [0.1, 0.15) is 5.82 Å². The molecule has 6 heteroatoms. The maximum atomic E-state index is 13.8. The van der Waals surface area contributed by atoms with Gasteiger partial charge < -0.3 is 5.32 Å². The van der Waals surface area contributed by atoms with Crippen LogP contribution in [0.3, 0.4) is 0 Å². The Morgan fingerprint density at radius 2 is 2.08 bits per heavy atom. The van der Waals surface area contributed by atoms with E-state index in [2.05, 4.69) is 40.2 Å². The van der Waals surface area contributed by atoms with Crippen molar-refractivity contribution in [1.29, 1.82) is 0 Å². The Morgan fingerprint density at radius 3 is 2.71 bits per heavy atom. The molecule has 0 spiro atoms. The molecule has 2 rings (SSSR count). The van der Waals surface area contributed by atoms with Gasteiger partial charge in [-0.1, -0.05) is 29.8 Å². The number of anilines is 1. The third-order valence-corrected chi connectivity index (χ3v) is 4.37. The first-order valence-corrected chi connectivity index (χ1v) is 8.85. The molecule has 0 radical (unpaired) electrons. The van der Waals surface area contributed by atoms with Crippen LogP contribution < -0.4 is 5.32 Å². The third-order valence-electron chi connectivity index (χ3n) is 3.88. The van der Waals surface area contributed by atoms with Gasteiger partial charge in [0.15, 0.2) is 0 Å². The summed E-state index contributed by atoms with van der Waals surface area (Å²) in [5.74, 6) is -0.138. The molecule has 4 nitrogen and oxygen atoms in total. The second kappa shape index (κ2) is 7.92. The summed E-state index contributed by atoms with van der Waals surface area (Å²) >= 11 is 3.20. The highest BCUT2D eigenvalue weighted by Crippen LogP contribution is 2.20. The number of nitrogens with zero attached hydrogens (tertiary/aromatic N) is 2. The molecule has 0 atom stereocenters. The molecule has 1 aromatic heterocycles. The Labute approximate surface area is 150 Å². The number of hydrogen-bond donors (Lipinski definition) is 1. The molecule has 24 heavy (non-hydrogen) atoms. The first-order valence-electron chi connectivity index (χ1n) is 8.05. The van der Waals surface area contributed by atoms with Crippen LogP contribution in [0.5, 0.6) is 0 Å². The molecule has 1 heterocycles. The average molecular weight is 396 g/mol. The number of carbonyl (C=O) groups excluding carboxylic acids is 1. The lowest BCUT2D eigenvalue weighted by atomic mass is 10.1. The zero-order valence-electron chi connectivity index (χ0n) is 14.5. The molecule has 2 aromatic rings. The summed E-state index contributed by atoms with van der Waals surface area (Å²) in [6.45, 7) is 9.16. The van der Waals surface area contributed by atoms with Crippen LogP contribution in [-0.4, -0.2) is 15.7 Å². The second-order valence-corrected chi connectivity index (χ2v) is 7.31. The predicted molar refractivity (Wildman–Crippen MR) is 97.6 cm³/mol. The first kappa shape index (κ1) is 18.6. The minimum atomic E-state index is -0.449. The summed E-state index contributed by atoms with van der Waals surface area (Å²) in [4.78, 5) is 12.1. The normalized spacial score (nSPS) is 11.1. The summed E-state index contributed by atoms with van der Waals surface area (Å²) in [6, 6.07) is 4.58. The van der Waals surface area contributed by atoms with Crippen LogP contribution in [0.25, 0.3) is 0 Å². The Balaban J connectivity index is 2.00. The fourth-order valence-corrected chi connectivity index (χ4v) is 2.99. The highest BCUT2D eigenvalue weighted by atomic mass is 79.9. The second-order valence-electron chi connectivity index (χ2n) is 6.40. The summed E-state index contributed by atoms with van der Waals surface area (Å²) in [5, 5.41) is 7.18. The molecule has 130 valence electrons. The summed E-state index contributed by atoms with van der Waals surface area (Å²) in [6.07, 6.45) is 0.893. The molecule has 0 unspecified atom stereocenters. The highest BCUT2D eigenvalue weighted by Gasteiger charge is 2.14. The average Bonchev–Trinajstić information content (AvgIpc) is 2.74. The van der Waals surface area contributed by atoms with Gasteiger partial charge in [0.05, 0.1) is 11.4 Å². The van der Waals surface area contributed by atoms with Gasteiger partial charge in [-0.25, -0.2) is 4.39 Å². The van der Waals surface area contributed by atoms with Gasteiger partial charge in [-0.3, -0.25) is 9.48 Å². The van der Waals surface area contributed by atoms with Gasteiger partial charge in [-0.15, -0.1) is 0 Å². The number of aromatic nitrogens is 2. The number of carbonyl (C=O) groups is 1. The van der Waals surface area contributed by atoms with E-state index in [1.165, 1.54) is 6.07 Å². The van der Waals surface area contributed by atoms with Crippen LogP contribution in [0.1, 0.15) is 37.2 Å². The summed E-state index contributed by atoms with van der Waals surface area (Å²) in [5.41, 5.74) is 3.36. The van der Waals surface area contributed by atoms with Crippen LogP contribution in [-0.2, 0) is 17.8 Å². The summed E-state index contributed by atoms with van der Waals surface area (Å²) in [7, 11) is 0. The number of hydrogen-bond acceptors (Lipinski definition) is 2. The zero-order chi connectivity index (χ0) is 17.9. The van der Waals surface area contributed by atoms with E-state index in [0.717, 1.165) is 23.5 Å². The number of amides is 1. The maximum absolute atomic E-state index is 13.8. The number of benzene rings is 1. The third kappa shape index (κ3) is 4.66. The van der Waals surface area contributed by atoms with Crippen LogP contribution >= 0.6 is 15.9 Å². The van der Waals surface area contributed by atoms with Gasteiger partial charge >= 0.3 is 0 Å². The van der Waals surface area contributed by atoms with Crippen molar-refractivity contribution < 1.29 is 9.18 Å². The Kier molecular flexibility index (Phi) is 6.15. The molecule has 0 fully saturated rings. The predicted octanol–water partition coefficient (Wildman–Crippen LogP) is 4.63. The Bertz CT molecular complexity index is 740. The van der Waals surface area contributed by atoms with E-state index >= 15 is 0 Å². The number of aryl methyl sites for hydroxylation is 1. The van der Waals surface area contributed by atoms with Gasteiger partial charge in [-0.2, -0.15) is 5.10 Å². The maximum Gasteiger partial charge on any atom is 0.224 e. The van der Waals surface area contributed by atoms with E-state index in [-0.39, 0.29) is 11.6 Å². The number of rotatable bonds is 6. The van der Waals surface area contributed by atoms with Crippen LogP contribution in [0.2, 0.25) is 0 Å². The van der Waals surface area contributed by atoms with E-state index in [9.17, 15) is 9.18 Å². The van der Waals surface area contributed by atoms with Crippen molar-refractivity contribution in [1.82, 2.24) is 9.78 Å². The van der Waals surface area contributed by atoms with Gasteiger partial charge in [0.25, 0.3) is 0 Å². The molecule has 0 saturated heterocycles. The van der Waals surface area contributed by atoms with Crippen molar-refractivity contribution in [2.24, 2.45) is 5.92 Å². The van der Waals surface area contributed by atoms with Gasteiger partial charge in [0.2, 0.25) is 5.91 Å². The number of nitrogens with one attached hydrogen (secondary N) is 1. The van der Waals surface area contributed by atoms with E-state index in [0.29, 0.717) is 23.2 Å². The standard InChI is InChI=1S/C18H23BrFN3O/c1-11(2)10-23-13(4)15(12(3)22-23)6-8-18(24)21-17-7-5-14(19)9-16(17)20/h5,7,9,11H,6,8,10H2,1-4H3,(H,21,24). The molecule has 0 aliphatic heterocycles.